The molecule has 0 unspecified atom stereocenters. The van der Waals surface area contributed by atoms with Gasteiger partial charge in [-0.1, -0.05) is 6.07 Å². The molecule has 0 saturated carbocycles. The Hall–Kier alpha value is -1.90. The predicted octanol–water partition coefficient (Wildman–Crippen LogP) is 0.753. The number of H-pyrrole nitrogens is 1. The number of carbonyl (C=O) groups excluding carboxylic acids is 1. The minimum Gasteiger partial charge on any atom is -0.366 e. The average molecular weight is 173 g/mol. The van der Waals surface area contributed by atoms with Crippen molar-refractivity contribution in [2.24, 2.45) is 5.73 Å². The first-order valence-corrected chi connectivity index (χ1v) is 3.97. The van der Waals surface area contributed by atoms with Crippen LogP contribution in [0.5, 0.6) is 0 Å². The van der Waals surface area contributed by atoms with Crippen LogP contribution in [-0.2, 0) is 0 Å². The highest BCUT2D eigenvalue weighted by molar-refractivity contribution is 6.05. The lowest BCUT2D eigenvalue weighted by Crippen LogP contribution is -2.11. The second kappa shape index (κ2) is 2.86. The Morgan fingerprint density at radius 2 is 2.15 bits per heavy atom. The largest absolute Gasteiger partial charge is 0.366 e. The molecule has 13 heavy (non-hydrogen) atoms. The number of carbonyl (C=O) groups is 1. The summed E-state index contributed by atoms with van der Waals surface area (Å²) in [7, 11) is 0. The molecule has 0 spiro atoms. The number of benzene rings is 1. The van der Waals surface area contributed by atoms with Gasteiger partial charge in [0.1, 0.15) is 0 Å². The first-order valence-electron chi connectivity index (χ1n) is 3.97. The van der Waals surface area contributed by atoms with Crippen LogP contribution in [0.2, 0.25) is 0 Å². The molecule has 3 heteroatoms. The molecule has 3 nitrogen and oxygen atoms in total. The van der Waals surface area contributed by atoms with E-state index in [2.05, 4.69) is 4.98 Å². The lowest BCUT2D eigenvalue weighted by Gasteiger charge is -1.98. The maximum Gasteiger partial charge on any atom is 0.249 e. The molecule has 0 saturated heterocycles. The van der Waals surface area contributed by atoms with Gasteiger partial charge < -0.3 is 5.73 Å². The van der Waals surface area contributed by atoms with E-state index < -0.39 is 5.91 Å². The molecule has 0 aliphatic heterocycles. The highest BCUT2D eigenvalue weighted by Crippen LogP contribution is 2.15. The van der Waals surface area contributed by atoms with E-state index in [4.69, 9.17) is 5.73 Å². The Morgan fingerprint density at radius 3 is 2.92 bits per heavy atom. The molecule has 3 N–H and O–H groups in total. The van der Waals surface area contributed by atoms with Gasteiger partial charge >= 0.3 is 0 Å². The number of hydrogen-bond donors (Lipinski definition) is 1. The van der Waals surface area contributed by atoms with E-state index >= 15 is 0 Å². The van der Waals surface area contributed by atoms with E-state index in [0.29, 0.717) is 5.56 Å². The number of nitrogens with one attached hydrogen (secondary N) is 1. The Bertz CT molecular complexity index is 460. The van der Waals surface area contributed by atoms with Gasteiger partial charge in [0, 0.05) is 22.4 Å². The molecular weight excluding hydrogens is 164 g/mol. The maximum absolute atomic E-state index is 11.0. The summed E-state index contributed by atoms with van der Waals surface area (Å²) in [6.45, 7) is 0. The lowest BCUT2D eigenvalue weighted by atomic mass is 10.1. The van der Waals surface area contributed by atoms with Gasteiger partial charge in [-0.15, -0.1) is 0 Å². The summed E-state index contributed by atoms with van der Waals surface area (Å²) >= 11 is 0. The van der Waals surface area contributed by atoms with Gasteiger partial charge in [0.05, 0.1) is 0 Å². The van der Waals surface area contributed by atoms with Gasteiger partial charge in [0.2, 0.25) is 5.91 Å². The SMILES string of the molecule is NC(=O)c1cccc2c[nH+]ccc12. The van der Waals surface area contributed by atoms with Crippen molar-refractivity contribution in [3.05, 3.63) is 42.2 Å². The molecule has 0 fully saturated rings. The maximum atomic E-state index is 11.0. The number of pyridine rings is 1. The number of aromatic nitrogens is 1. The minimum absolute atomic E-state index is 0.392. The average Bonchev–Trinajstić information content (AvgIpc) is 2.17. The van der Waals surface area contributed by atoms with Gasteiger partial charge in [-0.05, 0) is 12.1 Å². The molecule has 0 radical (unpaired) electrons. The molecular formula is C10H9N2O+. The van der Waals surface area contributed by atoms with E-state index in [0.717, 1.165) is 10.8 Å². The minimum atomic E-state index is -0.392. The first kappa shape index (κ1) is 7.73. The zero-order valence-electron chi connectivity index (χ0n) is 6.95. The van der Waals surface area contributed by atoms with Crippen molar-refractivity contribution in [3.8, 4) is 0 Å². The van der Waals surface area contributed by atoms with E-state index in [9.17, 15) is 4.79 Å². The summed E-state index contributed by atoms with van der Waals surface area (Å²) in [6, 6.07) is 7.31. The van der Waals surface area contributed by atoms with Crippen molar-refractivity contribution in [2.75, 3.05) is 0 Å². The Labute approximate surface area is 75.2 Å². The number of hydrogen-bond acceptors (Lipinski definition) is 1. The topological polar surface area (TPSA) is 57.2 Å². The summed E-state index contributed by atoms with van der Waals surface area (Å²) in [5.74, 6) is -0.392. The van der Waals surface area contributed by atoms with Gasteiger partial charge in [-0.25, -0.2) is 4.98 Å². The zero-order valence-corrected chi connectivity index (χ0v) is 6.95. The van der Waals surface area contributed by atoms with Gasteiger partial charge in [0.15, 0.2) is 12.4 Å². The van der Waals surface area contributed by atoms with Crippen molar-refractivity contribution < 1.29 is 9.78 Å². The molecule has 0 atom stereocenters. The van der Waals surface area contributed by atoms with Crippen LogP contribution in [-0.4, -0.2) is 5.91 Å². The molecule has 0 aliphatic carbocycles. The van der Waals surface area contributed by atoms with E-state index in [-0.39, 0.29) is 0 Å². The fourth-order valence-corrected chi connectivity index (χ4v) is 1.38. The third-order valence-corrected chi connectivity index (χ3v) is 1.99. The van der Waals surface area contributed by atoms with Crippen LogP contribution in [0, 0.1) is 0 Å². The second-order valence-corrected chi connectivity index (χ2v) is 2.82. The third kappa shape index (κ3) is 1.24. The summed E-state index contributed by atoms with van der Waals surface area (Å²) in [4.78, 5) is 14.0. The standard InChI is InChI=1S/C10H8N2O/c11-10(13)9-3-1-2-7-6-12-5-4-8(7)9/h1-6H,(H2,11,13)/p+1. The molecule has 0 aliphatic rings. The van der Waals surface area contributed by atoms with Crippen LogP contribution in [0.4, 0.5) is 0 Å². The van der Waals surface area contributed by atoms with Crippen LogP contribution in [0.15, 0.2) is 36.7 Å². The quantitative estimate of drug-likeness (QED) is 0.679. The van der Waals surface area contributed by atoms with Crippen molar-refractivity contribution in [3.63, 3.8) is 0 Å². The van der Waals surface area contributed by atoms with Crippen LogP contribution in [0.25, 0.3) is 10.8 Å². The number of nitrogens with two attached hydrogens (primary N) is 1. The molecule has 1 amide bonds. The van der Waals surface area contributed by atoms with Crippen molar-refractivity contribution in [2.45, 2.75) is 0 Å². The lowest BCUT2D eigenvalue weighted by molar-refractivity contribution is -0.375. The molecule has 2 aromatic rings. The monoisotopic (exact) mass is 173 g/mol. The van der Waals surface area contributed by atoms with E-state index in [1.165, 1.54) is 0 Å². The van der Waals surface area contributed by atoms with E-state index in [1.54, 1.807) is 12.3 Å². The summed E-state index contributed by atoms with van der Waals surface area (Å²) < 4.78 is 0. The van der Waals surface area contributed by atoms with Crippen LogP contribution < -0.4 is 10.7 Å². The normalized spacial score (nSPS) is 10.2. The molecule has 1 aromatic carbocycles. The fourth-order valence-electron chi connectivity index (χ4n) is 1.38. The summed E-state index contributed by atoms with van der Waals surface area (Å²) in [5.41, 5.74) is 5.79. The highest BCUT2D eigenvalue weighted by Gasteiger charge is 2.05. The van der Waals surface area contributed by atoms with Crippen LogP contribution in [0.1, 0.15) is 10.4 Å². The van der Waals surface area contributed by atoms with E-state index in [1.807, 2.05) is 24.4 Å². The number of primary amides is 1. The predicted molar refractivity (Wildman–Crippen MR) is 49.0 cm³/mol. The third-order valence-electron chi connectivity index (χ3n) is 1.99. The smallest absolute Gasteiger partial charge is 0.249 e. The highest BCUT2D eigenvalue weighted by atomic mass is 16.1. The number of fused-ring (bicyclic) bond motifs is 1. The van der Waals surface area contributed by atoms with Crippen molar-refractivity contribution in [1.29, 1.82) is 0 Å². The Kier molecular flexibility index (Phi) is 1.70. The van der Waals surface area contributed by atoms with Gasteiger partial charge in [-0.2, -0.15) is 0 Å². The molecule has 2 rings (SSSR count). The molecule has 1 aromatic heterocycles. The fraction of sp³-hybridized carbons (Fsp3) is 0. The second-order valence-electron chi connectivity index (χ2n) is 2.82. The number of aromatic amines is 1. The van der Waals surface area contributed by atoms with Gasteiger partial charge in [0.25, 0.3) is 0 Å². The van der Waals surface area contributed by atoms with Crippen molar-refractivity contribution >= 4 is 16.7 Å². The Morgan fingerprint density at radius 1 is 1.31 bits per heavy atom. The Balaban J connectivity index is 2.83. The number of amides is 1. The first-order chi connectivity index (χ1) is 6.29. The summed E-state index contributed by atoms with van der Waals surface area (Å²) in [6.07, 6.45) is 3.61. The number of rotatable bonds is 1. The van der Waals surface area contributed by atoms with Crippen LogP contribution in [0.3, 0.4) is 0 Å². The molecule has 0 bridgehead atoms. The van der Waals surface area contributed by atoms with Crippen LogP contribution >= 0.6 is 0 Å². The molecule has 1 heterocycles. The summed E-state index contributed by atoms with van der Waals surface area (Å²) in [5, 5.41) is 1.87. The van der Waals surface area contributed by atoms with Crippen molar-refractivity contribution in [1.82, 2.24) is 0 Å². The molecule has 64 valence electrons. The van der Waals surface area contributed by atoms with Gasteiger partial charge in [-0.3, -0.25) is 4.79 Å². The zero-order chi connectivity index (χ0) is 9.26.